The molecule has 0 aliphatic carbocycles. The average molecular weight is 624 g/mol. The van der Waals surface area contributed by atoms with Gasteiger partial charge < -0.3 is 23.4 Å². The van der Waals surface area contributed by atoms with Crippen molar-refractivity contribution < 1.29 is 32.5 Å². The van der Waals surface area contributed by atoms with Crippen molar-refractivity contribution in [1.29, 1.82) is 0 Å². The summed E-state index contributed by atoms with van der Waals surface area (Å²) in [5, 5.41) is 1.96. The molecule has 0 saturated carbocycles. The largest absolute Gasteiger partial charge is 0.746 e. The van der Waals surface area contributed by atoms with Crippen LogP contribution < -0.4 is 14.0 Å². The van der Waals surface area contributed by atoms with Crippen molar-refractivity contribution >= 4 is 19.2 Å². The van der Waals surface area contributed by atoms with Crippen LogP contribution in [0.5, 0.6) is 5.75 Å². The molecule has 7 nitrogen and oxygen atoms in total. The van der Waals surface area contributed by atoms with Crippen LogP contribution in [0.2, 0.25) is 0 Å². The van der Waals surface area contributed by atoms with Crippen molar-refractivity contribution in [2.45, 2.75) is 116 Å². The zero-order valence-electron chi connectivity index (χ0n) is 26.0. The average Bonchev–Trinajstić information content (AvgIpc) is 3.48. The highest BCUT2D eigenvalue weighted by atomic mass is 32.1. The number of ether oxygens (including phenoxy) is 2. The third-order valence-corrected chi connectivity index (χ3v) is 8.55. The van der Waals surface area contributed by atoms with Gasteiger partial charge in [0.1, 0.15) is 11.9 Å². The molecule has 1 heterocycles. The predicted molar refractivity (Wildman–Crippen MR) is 170 cm³/mol. The number of thiazole rings is 1. The Labute approximate surface area is 258 Å². The van der Waals surface area contributed by atoms with Gasteiger partial charge in [-0.3, -0.25) is 4.57 Å². The molecule has 2 atom stereocenters. The minimum atomic E-state index is -4.62. The molecule has 2 aromatic rings. The molecule has 0 radical (unpaired) electrons. The van der Waals surface area contributed by atoms with Crippen molar-refractivity contribution in [1.82, 2.24) is 0 Å². The maximum atomic E-state index is 12.7. The summed E-state index contributed by atoms with van der Waals surface area (Å²) in [6.07, 6.45) is 19.7. The van der Waals surface area contributed by atoms with E-state index in [-0.39, 0.29) is 19.0 Å². The van der Waals surface area contributed by atoms with Crippen LogP contribution in [0.25, 0.3) is 0 Å². The van der Waals surface area contributed by atoms with Gasteiger partial charge in [-0.05, 0) is 25.5 Å². The van der Waals surface area contributed by atoms with E-state index in [9.17, 15) is 9.46 Å². The number of hydrogen-bond acceptors (Lipinski definition) is 7. The molecular formula is C33H54NO6PS. The molecule has 1 aromatic carbocycles. The van der Waals surface area contributed by atoms with Gasteiger partial charge in [-0.2, -0.15) is 4.57 Å². The van der Waals surface area contributed by atoms with Gasteiger partial charge in [-0.25, -0.2) is 0 Å². The zero-order valence-corrected chi connectivity index (χ0v) is 27.7. The van der Waals surface area contributed by atoms with Crippen LogP contribution in [-0.2, 0) is 25.1 Å². The van der Waals surface area contributed by atoms with Crippen LogP contribution in [0.4, 0.5) is 0 Å². The Morgan fingerprint density at radius 2 is 1.57 bits per heavy atom. The number of hydrogen-bond donors (Lipinski definition) is 0. The van der Waals surface area contributed by atoms with E-state index in [4.69, 9.17) is 18.5 Å². The second kappa shape index (κ2) is 22.9. The molecule has 0 aliphatic rings. The van der Waals surface area contributed by atoms with Crippen LogP contribution in [0, 0.1) is 0 Å². The molecule has 42 heavy (non-hydrogen) atoms. The van der Waals surface area contributed by atoms with Gasteiger partial charge in [0.05, 0.1) is 30.8 Å². The SMILES string of the molecule is C=C(C)COC(COCCCCCCCCCCCCCCCC)COP(=O)([O-])Oc1ccccc1C[n+]1ccsc1. The topological polar surface area (TPSA) is 80.9 Å². The normalized spacial score (nSPS) is 13.6. The Morgan fingerprint density at radius 1 is 0.952 bits per heavy atom. The Hall–Kier alpha value is -1.54. The van der Waals surface area contributed by atoms with E-state index in [2.05, 4.69) is 13.5 Å². The summed E-state index contributed by atoms with van der Waals surface area (Å²) in [4.78, 5) is 12.7. The molecule has 1 aromatic heterocycles. The van der Waals surface area contributed by atoms with Crippen molar-refractivity contribution in [2.75, 3.05) is 26.4 Å². The lowest BCUT2D eigenvalue weighted by Crippen LogP contribution is -2.31. The lowest BCUT2D eigenvalue weighted by Gasteiger charge is -2.26. The highest BCUT2D eigenvalue weighted by Crippen LogP contribution is 2.41. The summed E-state index contributed by atoms with van der Waals surface area (Å²) >= 11 is 1.56. The van der Waals surface area contributed by atoms with Crippen LogP contribution in [0.15, 0.2) is 53.5 Å². The summed E-state index contributed by atoms with van der Waals surface area (Å²) in [6.45, 7) is 9.47. The van der Waals surface area contributed by atoms with Gasteiger partial charge in [0.15, 0.2) is 12.7 Å². The zero-order chi connectivity index (χ0) is 30.3. The molecule has 2 unspecified atom stereocenters. The van der Waals surface area contributed by atoms with Crippen LogP contribution >= 0.6 is 19.2 Å². The van der Waals surface area contributed by atoms with E-state index in [1.165, 1.54) is 77.0 Å². The third-order valence-electron chi connectivity index (χ3n) is 6.99. The van der Waals surface area contributed by atoms with Crippen LogP contribution in [-0.4, -0.2) is 32.5 Å². The number of rotatable bonds is 27. The van der Waals surface area contributed by atoms with E-state index in [0.29, 0.717) is 19.8 Å². The fourth-order valence-electron chi connectivity index (χ4n) is 4.61. The molecule has 0 saturated heterocycles. The first-order valence-electron chi connectivity index (χ1n) is 15.9. The standard InChI is InChI=1S/C33H54NO6PS/c1-4-5-6-7-8-9-10-11-12-13-14-15-16-19-23-37-27-32(38-26-30(2)3)28-39-41(35,36)40-33-21-18-17-20-31(33)25-34-22-24-42-29-34/h17-18,20-22,24,29,32H,2,4-16,19,23,25-28H2,1,3H3. The highest BCUT2D eigenvalue weighted by Gasteiger charge is 2.20. The van der Waals surface area contributed by atoms with Gasteiger partial charge in [0, 0.05) is 6.61 Å². The Morgan fingerprint density at radius 3 is 2.17 bits per heavy atom. The van der Waals surface area contributed by atoms with Gasteiger partial charge in [-0.15, -0.1) is 0 Å². The van der Waals surface area contributed by atoms with Crippen molar-refractivity contribution in [3.05, 3.63) is 59.1 Å². The molecule has 0 bridgehead atoms. The molecule has 0 amide bonds. The number of phosphoric ester groups is 1. The Balaban J connectivity index is 1.61. The van der Waals surface area contributed by atoms with Gasteiger partial charge in [0.2, 0.25) is 5.51 Å². The number of phosphoric acid groups is 1. The van der Waals surface area contributed by atoms with Gasteiger partial charge >= 0.3 is 7.82 Å². The molecule has 238 valence electrons. The first kappa shape index (κ1) is 36.7. The van der Waals surface area contributed by atoms with E-state index < -0.39 is 13.9 Å². The van der Waals surface area contributed by atoms with E-state index >= 15 is 0 Å². The second-order valence-electron chi connectivity index (χ2n) is 11.2. The maximum absolute atomic E-state index is 12.7. The maximum Gasteiger partial charge on any atom is 0.319 e. The predicted octanol–water partition coefficient (Wildman–Crippen LogP) is 8.41. The van der Waals surface area contributed by atoms with E-state index in [1.54, 1.807) is 23.5 Å². The summed E-state index contributed by atoms with van der Waals surface area (Å²) in [6, 6.07) is 7.05. The highest BCUT2D eigenvalue weighted by molar-refractivity contribution is 7.46. The molecule has 2 rings (SSSR count). The quantitative estimate of drug-likeness (QED) is 0.0430. The summed E-state index contributed by atoms with van der Waals surface area (Å²) in [5.74, 6) is 0.253. The molecule has 0 N–H and O–H groups in total. The molecule has 0 aliphatic heterocycles. The Kier molecular flexibility index (Phi) is 20.0. The summed E-state index contributed by atoms with van der Waals surface area (Å²) in [5.41, 5.74) is 3.53. The van der Waals surface area contributed by atoms with E-state index in [1.807, 2.05) is 40.7 Å². The first-order valence-corrected chi connectivity index (χ1v) is 18.3. The van der Waals surface area contributed by atoms with Gasteiger partial charge in [-0.1, -0.05) is 126 Å². The number of para-hydroxylation sites is 1. The summed E-state index contributed by atoms with van der Waals surface area (Å²) in [7, 11) is -4.62. The molecule has 0 fully saturated rings. The van der Waals surface area contributed by atoms with Crippen molar-refractivity contribution in [3.63, 3.8) is 0 Å². The van der Waals surface area contributed by atoms with Crippen LogP contribution in [0.3, 0.4) is 0 Å². The fourth-order valence-corrected chi connectivity index (χ4v) is 6.03. The number of nitrogens with zero attached hydrogens (tertiary/aromatic N) is 1. The number of aromatic nitrogens is 1. The fraction of sp³-hybridized carbons (Fsp3) is 0.667. The number of benzene rings is 1. The van der Waals surface area contributed by atoms with Crippen molar-refractivity contribution in [3.8, 4) is 5.75 Å². The minimum absolute atomic E-state index is 0.186. The monoisotopic (exact) mass is 623 g/mol. The molecular weight excluding hydrogens is 569 g/mol. The molecule has 0 spiro atoms. The van der Waals surface area contributed by atoms with Crippen LogP contribution in [0.1, 0.15) is 109 Å². The lowest BCUT2D eigenvalue weighted by atomic mass is 10.0. The van der Waals surface area contributed by atoms with Gasteiger partial charge in [0.25, 0.3) is 0 Å². The second-order valence-corrected chi connectivity index (χ2v) is 13.3. The smallest absolute Gasteiger partial charge is 0.319 e. The first-order chi connectivity index (χ1) is 20.4. The van der Waals surface area contributed by atoms with Crippen molar-refractivity contribution in [2.24, 2.45) is 0 Å². The summed E-state index contributed by atoms with van der Waals surface area (Å²) < 4.78 is 36.9. The van der Waals surface area contributed by atoms with E-state index in [0.717, 1.165) is 24.0 Å². The number of unbranched alkanes of at least 4 members (excludes halogenated alkanes) is 13. The lowest BCUT2D eigenvalue weighted by molar-refractivity contribution is -0.683. The molecule has 9 heteroatoms. The minimum Gasteiger partial charge on any atom is -0.746 e. The third kappa shape index (κ3) is 18.2. The Bertz CT molecular complexity index is 1000.